The van der Waals surface area contributed by atoms with Crippen molar-refractivity contribution >= 4 is 28.9 Å². The van der Waals surface area contributed by atoms with E-state index in [4.69, 9.17) is 16.6 Å². The highest BCUT2D eigenvalue weighted by atomic mass is 32.1. The SMILES string of the molecule is Cc1ccc(C)c(NC(=O)CCN2C(=S)N[C@@H](c3ccccn3)[C@@H]2c2cccn2Cc2ccco2)c1. The molecule has 0 unspecified atom stereocenters. The van der Waals surface area contributed by atoms with Gasteiger partial charge in [0.05, 0.1) is 30.6 Å². The monoisotopic (exact) mass is 499 g/mol. The third-order valence-corrected chi connectivity index (χ3v) is 6.87. The minimum atomic E-state index is -0.147. The first-order chi connectivity index (χ1) is 17.5. The molecule has 1 saturated heterocycles. The van der Waals surface area contributed by atoms with Crippen LogP contribution in [0, 0.1) is 13.8 Å². The minimum absolute atomic E-state index is 0.0440. The number of carbonyl (C=O) groups excluding carboxylic acids is 1. The lowest BCUT2D eigenvalue weighted by atomic mass is 10.0. The lowest BCUT2D eigenvalue weighted by Gasteiger charge is -2.28. The summed E-state index contributed by atoms with van der Waals surface area (Å²) in [5, 5.41) is 7.14. The van der Waals surface area contributed by atoms with E-state index in [1.165, 1.54) is 0 Å². The van der Waals surface area contributed by atoms with Crippen LogP contribution in [0.2, 0.25) is 0 Å². The van der Waals surface area contributed by atoms with E-state index < -0.39 is 0 Å². The maximum Gasteiger partial charge on any atom is 0.226 e. The zero-order valence-electron chi connectivity index (χ0n) is 20.3. The lowest BCUT2D eigenvalue weighted by Crippen LogP contribution is -2.33. The number of aromatic nitrogens is 2. The highest BCUT2D eigenvalue weighted by molar-refractivity contribution is 7.80. The van der Waals surface area contributed by atoms with Crippen molar-refractivity contribution in [3.63, 3.8) is 0 Å². The summed E-state index contributed by atoms with van der Waals surface area (Å²) in [4.78, 5) is 19.6. The van der Waals surface area contributed by atoms with Crippen LogP contribution in [0.4, 0.5) is 5.69 Å². The van der Waals surface area contributed by atoms with E-state index in [1.54, 1.807) is 12.5 Å². The van der Waals surface area contributed by atoms with E-state index in [0.29, 0.717) is 24.6 Å². The Morgan fingerprint density at radius 3 is 2.81 bits per heavy atom. The molecule has 2 N–H and O–H groups in total. The topological polar surface area (TPSA) is 75.3 Å². The molecule has 1 aliphatic heterocycles. The fraction of sp³-hybridized carbons (Fsp3) is 0.250. The zero-order valence-corrected chi connectivity index (χ0v) is 21.2. The largest absolute Gasteiger partial charge is 0.467 e. The van der Waals surface area contributed by atoms with Crippen LogP contribution in [-0.2, 0) is 11.3 Å². The number of hydrogen-bond acceptors (Lipinski definition) is 4. The van der Waals surface area contributed by atoms with Crippen LogP contribution in [-0.4, -0.2) is 32.0 Å². The molecule has 1 amide bonds. The Bertz CT molecular complexity index is 1350. The molecule has 0 radical (unpaired) electrons. The van der Waals surface area contributed by atoms with Crippen molar-refractivity contribution in [3.05, 3.63) is 108 Å². The summed E-state index contributed by atoms with van der Waals surface area (Å²) in [6.07, 6.45) is 5.82. The van der Waals surface area contributed by atoms with Gasteiger partial charge in [-0.25, -0.2) is 0 Å². The minimum Gasteiger partial charge on any atom is -0.467 e. The van der Waals surface area contributed by atoms with Crippen molar-refractivity contribution in [3.8, 4) is 0 Å². The van der Waals surface area contributed by atoms with E-state index in [2.05, 4.69) is 31.2 Å². The van der Waals surface area contributed by atoms with Crippen molar-refractivity contribution in [2.75, 3.05) is 11.9 Å². The van der Waals surface area contributed by atoms with Crippen LogP contribution in [0.3, 0.4) is 0 Å². The number of aryl methyl sites for hydroxylation is 2. The van der Waals surface area contributed by atoms with E-state index in [1.807, 2.05) is 74.6 Å². The Hall–Kier alpha value is -3.91. The summed E-state index contributed by atoms with van der Waals surface area (Å²) in [6.45, 7) is 5.09. The molecule has 36 heavy (non-hydrogen) atoms. The average Bonchev–Trinajstić information content (AvgIpc) is 3.62. The number of anilines is 1. The number of nitrogens with one attached hydrogen (secondary N) is 2. The molecule has 0 bridgehead atoms. The fourth-order valence-electron chi connectivity index (χ4n) is 4.68. The highest BCUT2D eigenvalue weighted by Gasteiger charge is 2.41. The van der Waals surface area contributed by atoms with Gasteiger partial charge >= 0.3 is 0 Å². The highest BCUT2D eigenvalue weighted by Crippen LogP contribution is 2.39. The normalized spacial score (nSPS) is 17.3. The third kappa shape index (κ3) is 5.04. The second kappa shape index (κ2) is 10.4. The molecule has 1 aliphatic rings. The second-order valence-electron chi connectivity index (χ2n) is 9.08. The summed E-state index contributed by atoms with van der Waals surface area (Å²) in [5.41, 5.74) is 4.96. The van der Waals surface area contributed by atoms with Gasteiger partial charge in [-0.2, -0.15) is 0 Å². The first kappa shape index (κ1) is 23.8. The number of benzene rings is 1. The molecule has 0 aliphatic carbocycles. The van der Waals surface area contributed by atoms with Crippen LogP contribution in [0.25, 0.3) is 0 Å². The standard InChI is InChI=1S/C28H29N5O2S/c1-19-10-11-20(2)23(17-19)30-25(34)12-15-33-27(26(31-28(33)36)22-8-3-4-13-29-22)24-9-5-14-32(24)18-21-7-6-16-35-21/h3-11,13-14,16-17,26-27H,12,15,18H2,1-2H3,(H,30,34)(H,31,36)/t26-,27-/m0/s1. The molecule has 184 valence electrons. The Morgan fingerprint density at radius 1 is 1.14 bits per heavy atom. The first-order valence-electron chi connectivity index (χ1n) is 12.0. The summed E-state index contributed by atoms with van der Waals surface area (Å²) < 4.78 is 7.76. The molecular formula is C28H29N5O2S. The molecule has 1 aromatic carbocycles. The maximum absolute atomic E-state index is 12.9. The molecule has 4 heterocycles. The summed E-state index contributed by atoms with van der Waals surface area (Å²) in [5.74, 6) is 0.826. The number of hydrogen-bond donors (Lipinski definition) is 2. The number of amides is 1. The van der Waals surface area contributed by atoms with E-state index in [0.717, 1.165) is 34.0 Å². The van der Waals surface area contributed by atoms with E-state index in [-0.39, 0.29) is 18.0 Å². The van der Waals surface area contributed by atoms with Crippen molar-refractivity contribution in [1.82, 2.24) is 19.8 Å². The number of pyridine rings is 1. The number of rotatable bonds is 8. The van der Waals surface area contributed by atoms with Gasteiger partial charge in [-0.15, -0.1) is 0 Å². The quantitative estimate of drug-likeness (QED) is 0.327. The number of nitrogens with zero attached hydrogens (tertiary/aromatic N) is 3. The van der Waals surface area contributed by atoms with Gasteiger partial charge in [-0.1, -0.05) is 18.2 Å². The average molecular weight is 500 g/mol. The molecule has 0 saturated carbocycles. The van der Waals surface area contributed by atoms with Gasteiger partial charge in [0, 0.05) is 36.7 Å². The number of furan rings is 1. The smallest absolute Gasteiger partial charge is 0.226 e. The van der Waals surface area contributed by atoms with Crippen molar-refractivity contribution in [1.29, 1.82) is 0 Å². The Balaban J connectivity index is 1.39. The fourth-order valence-corrected chi connectivity index (χ4v) is 5.02. The lowest BCUT2D eigenvalue weighted by molar-refractivity contribution is -0.116. The van der Waals surface area contributed by atoms with Gasteiger partial charge in [0.1, 0.15) is 5.76 Å². The van der Waals surface area contributed by atoms with Crippen molar-refractivity contribution in [2.24, 2.45) is 0 Å². The van der Waals surface area contributed by atoms with Gasteiger partial charge < -0.3 is 24.5 Å². The van der Waals surface area contributed by atoms with Gasteiger partial charge in [-0.3, -0.25) is 9.78 Å². The van der Waals surface area contributed by atoms with Crippen LogP contribution in [0.5, 0.6) is 0 Å². The number of thiocarbonyl (C=S) groups is 1. The van der Waals surface area contributed by atoms with Gasteiger partial charge in [0.2, 0.25) is 5.91 Å². The molecule has 7 nitrogen and oxygen atoms in total. The van der Waals surface area contributed by atoms with E-state index >= 15 is 0 Å². The van der Waals surface area contributed by atoms with Crippen LogP contribution >= 0.6 is 12.2 Å². The van der Waals surface area contributed by atoms with Crippen LogP contribution in [0.1, 0.15) is 46.8 Å². The molecule has 8 heteroatoms. The Kier molecular flexibility index (Phi) is 6.86. The van der Waals surface area contributed by atoms with Crippen LogP contribution in [0.15, 0.2) is 83.7 Å². The van der Waals surface area contributed by atoms with Crippen molar-refractivity contribution < 1.29 is 9.21 Å². The molecule has 3 aromatic heterocycles. The summed E-state index contributed by atoms with van der Waals surface area (Å²) in [7, 11) is 0. The molecule has 5 rings (SSSR count). The van der Waals surface area contributed by atoms with Gasteiger partial charge in [-0.05, 0) is 79.7 Å². The summed E-state index contributed by atoms with van der Waals surface area (Å²) in [6, 6.07) is 19.6. The summed E-state index contributed by atoms with van der Waals surface area (Å²) >= 11 is 5.77. The third-order valence-electron chi connectivity index (χ3n) is 6.52. The zero-order chi connectivity index (χ0) is 25.1. The Labute approximate surface area is 216 Å². The molecule has 2 atom stereocenters. The predicted octanol–water partition coefficient (Wildman–Crippen LogP) is 5.14. The second-order valence-corrected chi connectivity index (χ2v) is 9.46. The van der Waals surface area contributed by atoms with Crippen molar-refractivity contribution in [2.45, 2.75) is 38.9 Å². The van der Waals surface area contributed by atoms with E-state index in [9.17, 15) is 4.79 Å². The van der Waals surface area contributed by atoms with Gasteiger partial charge in [0.15, 0.2) is 5.11 Å². The van der Waals surface area contributed by atoms with Crippen LogP contribution < -0.4 is 10.6 Å². The molecular weight excluding hydrogens is 470 g/mol. The molecule has 0 spiro atoms. The maximum atomic E-state index is 12.9. The first-order valence-corrected chi connectivity index (χ1v) is 12.4. The van der Waals surface area contributed by atoms with Gasteiger partial charge in [0.25, 0.3) is 0 Å². The molecule has 4 aromatic rings. The Morgan fingerprint density at radius 2 is 2.03 bits per heavy atom. The number of carbonyl (C=O) groups is 1. The molecule has 1 fully saturated rings. The predicted molar refractivity (Wildman–Crippen MR) is 144 cm³/mol.